The van der Waals surface area contributed by atoms with Gasteiger partial charge in [-0.1, -0.05) is 55.2 Å². The molecule has 3 fully saturated rings. The lowest BCUT2D eigenvalue weighted by Crippen LogP contribution is -2.64. The number of benzene rings is 6. The molecule has 9 heterocycles. The summed E-state index contributed by atoms with van der Waals surface area (Å²) in [4.78, 5) is 122. The lowest BCUT2D eigenvalue weighted by atomic mass is 9.84. The Labute approximate surface area is 747 Å². The minimum Gasteiger partial charge on any atom is -0.508 e. The van der Waals surface area contributed by atoms with Crippen molar-refractivity contribution in [1.29, 1.82) is 0 Å². The first-order chi connectivity index (χ1) is 61.0. The second kappa shape index (κ2) is 39.7. The number of phenolic OH excluding ortho intramolecular Hbond substituents is 3. The largest absolute Gasteiger partial charge is 0.573 e. The number of carboxylic acid groups (broad SMARTS) is 1. The Morgan fingerprint density at radius 1 is 0.698 bits per heavy atom. The number of fused-ring (bicyclic) bond motifs is 15. The van der Waals surface area contributed by atoms with Gasteiger partial charge >= 0.3 is 12.3 Å². The third-order valence-electron chi connectivity index (χ3n) is 23.2. The molecule has 129 heavy (non-hydrogen) atoms. The van der Waals surface area contributed by atoms with Gasteiger partial charge in [0, 0.05) is 63.7 Å². The number of aliphatic hydroxyl groups is 8. The van der Waals surface area contributed by atoms with Crippen molar-refractivity contribution < 1.29 is 155 Å². The number of carboxylic acids is 1. The molecular weight excluding hydrogens is 1770 g/mol. The van der Waals surface area contributed by atoms with E-state index in [1.807, 2.05) is 13.8 Å². The van der Waals surface area contributed by atoms with E-state index >= 15 is 24.0 Å². The average molecular weight is 1860 g/mol. The fraction of sp³-hybridized carbons (Fsp3) is 0.448. The molecule has 694 valence electrons. The number of alkyl halides is 3. The highest BCUT2D eigenvalue weighted by molar-refractivity contribution is 7.15. The second-order valence-electron chi connectivity index (χ2n) is 33.2. The van der Waals surface area contributed by atoms with Gasteiger partial charge in [0.15, 0.2) is 41.7 Å². The number of aliphatic carboxylic acids is 1. The minimum atomic E-state index is -4.90. The number of halogens is 5. The van der Waals surface area contributed by atoms with E-state index < -0.39 is 303 Å². The van der Waals surface area contributed by atoms with Crippen molar-refractivity contribution in [2.24, 2.45) is 23.3 Å². The summed E-state index contributed by atoms with van der Waals surface area (Å²) in [6.07, 6.45) is -35.6. The standard InChI is InChI=1S/C87H96Cl2F3N7O29S/c1-34(2)21-50(95-5)81(116)98-67-53(104)25-41(28-62(93)106)79(114)96-65-40-26-58(121-55-18-12-38(69(67)107)23-48(55)88)76(126-85-74(112)72(110)77(60(33-100)124-85)127-84-73(111)71(109)70(108)57(123-84)8-6-7-44-16-20-61(129-44)36-9-14-43(15-10-36)128-87(90,91)92)59(27-40)122-56-19-13-39(24-49(56)89)75(125-63-32-86(4,94)78(113)35(3)120-63)68-82(117)97-66(83(118)119)47-29-42(101)30-52(103)64(47)46-22-37(11-17-51(46)102)45(31-54(65)105)80(115)99-68/h9-20,22-24,26-27,29-30,34-35,41,45,50,57,60,63,65-75,77-78,84-85,95,100-103,107-113H,6-8,21,25,28,31-33,94H2,1-5H3,(H2,93,106)(H,96,114)(H,97,117)(H,98,116)(H,99,115)(H,118,119)/t35-,41+,45-,50+,57+,60+,63?,65+,66-,67?,68-,69+,70-,71-,72+,73+,74+,75+,77+,78-,84-,85-,86-/m0/s1. The number of aliphatic hydroxyl groups excluding tert-OH is 8. The van der Waals surface area contributed by atoms with Crippen molar-refractivity contribution in [2.75, 3.05) is 13.7 Å². The molecule has 8 aliphatic heterocycles. The molecule has 36 nitrogen and oxygen atoms in total. The van der Waals surface area contributed by atoms with Crippen molar-refractivity contribution in [3.63, 3.8) is 0 Å². The maximum absolute atomic E-state index is 16.6. The molecule has 7 aromatic rings. The number of hydrogen-bond donors (Lipinski definition) is 19. The van der Waals surface area contributed by atoms with Crippen LogP contribution in [-0.2, 0) is 68.5 Å². The monoisotopic (exact) mass is 1860 g/mol. The highest BCUT2D eigenvalue weighted by Gasteiger charge is 2.53. The first-order valence-electron chi connectivity index (χ1n) is 41.0. The van der Waals surface area contributed by atoms with Crippen molar-refractivity contribution in [2.45, 2.75) is 219 Å². The number of rotatable bonds is 21. The van der Waals surface area contributed by atoms with Crippen LogP contribution in [0.3, 0.4) is 0 Å². The van der Waals surface area contributed by atoms with Crippen LogP contribution in [0.5, 0.6) is 51.7 Å². The highest BCUT2D eigenvalue weighted by Crippen LogP contribution is 2.51. The Kier molecular flexibility index (Phi) is 29.6. The lowest BCUT2D eigenvalue weighted by molar-refractivity contribution is -0.351. The molecule has 0 saturated carbocycles. The topological polar surface area (TPSA) is 575 Å². The number of thiophene rings is 1. The predicted octanol–water partition coefficient (Wildman–Crippen LogP) is 5.56. The molecule has 21 N–H and O–H groups in total. The summed E-state index contributed by atoms with van der Waals surface area (Å²) in [5, 5.41) is 152. The zero-order valence-electron chi connectivity index (χ0n) is 69.4. The number of carbonyl (C=O) groups is 8. The molecule has 8 aliphatic rings. The number of ketones is 2. The van der Waals surface area contributed by atoms with Crippen molar-refractivity contribution in [3.8, 4) is 73.3 Å². The number of ether oxygens (including phenoxy) is 9. The van der Waals surface area contributed by atoms with Crippen LogP contribution in [0.25, 0.3) is 21.6 Å². The van der Waals surface area contributed by atoms with E-state index in [4.69, 9.17) is 72.6 Å². The number of hydrogen-bond acceptors (Lipinski definition) is 31. The van der Waals surface area contributed by atoms with E-state index in [1.165, 1.54) is 62.6 Å². The van der Waals surface area contributed by atoms with Crippen LogP contribution in [-0.4, -0.2) is 232 Å². The normalized spacial score (nSPS) is 29.5. The van der Waals surface area contributed by atoms with Gasteiger partial charge in [0.1, 0.15) is 108 Å². The summed E-state index contributed by atoms with van der Waals surface area (Å²) in [6.45, 7) is 5.41. The lowest BCUT2D eigenvalue weighted by Gasteiger charge is -2.46. The maximum atomic E-state index is 16.6. The average Bonchev–Trinajstić information content (AvgIpc) is 1.54. The number of nitrogens with one attached hydrogen (secondary N) is 5. The Morgan fingerprint density at radius 2 is 1.35 bits per heavy atom. The Bertz CT molecular complexity index is 5360. The third kappa shape index (κ3) is 21.6. The van der Waals surface area contributed by atoms with Crippen LogP contribution in [0.1, 0.15) is 136 Å². The van der Waals surface area contributed by atoms with E-state index in [9.17, 15) is 88.8 Å². The molecule has 5 amide bonds. The van der Waals surface area contributed by atoms with Crippen LogP contribution in [0.2, 0.25) is 10.0 Å². The van der Waals surface area contributed by atoms with Gasteiger partial charge in [0.25, 0.3) is 0 Å². The van der Waals surface area contributed by atoms with Crippen LogP contribution in [0.15, 0.2) is 115 Å². The number of carbonyl (C=O) groups excluding carboxylic acids is 7. The first-order valence-corrected chi connectivity index (χ1v) is 42.6. The molecule has 23 atom stereocenters. The number of phenols is 3. The van der Waals surface area contributed by atoms with E-state index in [2.05, 4.69) is 31.3 Å². The Morgan fingerprint density at radius 3 is 1.98 bits per heavy atom. The minimum absolute atomic E-state index is 0.0161. The number of amides is 5. The summed E-state index contributed by atoms with van der Waals surface area (Å²) >= 11 is 15.8. The number of primary amides is 1. The van der Waals surface area contributed by atoms with Crippen LogP contribution in [0.4, 0.5) is 13.2 Å². The van der Waals surface area contributed by atoms with Gasteiger partial charge in [0.2, 0.25) is 41.6 Å². The van der Waals surface area contributed by atoms with Crippen molar-refractivity contribution >= 4 is 81.6 Å². The van der Waals surface area contributed by atoms with Crippen molar-refractivity contribution in [3.05, 3.63) is 158 Å². The van der Waals surface area contributed by atoms with Crippen LogP contribution >= 0.6 is 34.5 Å². The summed E-state index contributed by atoms with van der Waals surface area (Å²) in [5.74, 6) is -20.1. The van der Waals surface area contributed by atoms with Crippen LogP contribution < -0.4 is 57.0 Å². The van der Waals surface area contributed by atoms with Gasteiger partial charge in [-0.15, -0.1) is 24.5 Å². The van der Waals surface area contributed by atoms with E-state index in [-0.39, 0.29) is 48.3 Å². The van der Waals surface area contributed by atoms with E-state index in [1.54, 1.807) is 12.1 Å². The smallest absolute Gasteiger partial charge is 0.508 e. The van der Waals surface area contributed by atoms with Gasteiger partial charge in [-0.05, 0) is 171 Å². The fourth-order valence-corrected chi connectivity index (χ4v) is 18.1. The zero-order valence-corrected chi connectivity index (χ0v) is 71.7. The molecule has 6 aromatic carbocycles. The molecule has 0 radical (unpaired) electrons. The van der Waals surface area contributed by atoms with E-state index in [0.29, 0.717) is 16.9 Å². The number of aryl methyl sites for hydroxylation is 1. The highest BCUT2D eigenvalue weighted by atomic mass is 35.5. The third-order valence-corrected chi connectivity index (χ3v) is 25.0. The molecule has 1 aromatic heterocycles. The van der Waals surface area contributed by atoms with Gasteiger partial charge in [0.05, 0.1) is 52.8 Å². The molecular formula is C87H96Cl2F3N7O29S. The summed E-state index contributed by atoms with van der Waals surface area (Å²) < 4.78 is 94.0. The van der Waals surface area contributed by atoms with Gasteiger partial charge in [-0.25, -0.2) is 4.79 Å². The first kappa shape index (κ1) is 96.1. The van der Waals surface area contributed by atoms with E-state index in [0.717, 1.165) is 77.7 Å². The molecule has 3 saturated heterocycles. The molecule has 0 aliphatic carbocycles. The predicted molar refractivity (Wildman–Crippen MR) is 447 cm³/mol. The zero-order chi connectivity index (χ0) is 93.4. The molecule has 0 spiro atoms. The Balaban J connectivity index is 0.946. The second-order valence-corrected chi connectivity index (χ2v) is 35.1. The number of Topliss-reactive ketones (excluding diaryl/α,β-unsaturated/α-hetero) is 2. The maximum Gasteiger partial charge on any atom is 0.573 e. The molecule has 2 unspecified atom stereocenters. The van der Waals surface area contributed by atoms with Gasteiger partial charge in [-0.2, -0.15) is 0 Å². The quantitative estimate of drug-likeness (QED) is 0.0418. The summed E-state index contributed by atoms with van der Waals surface area (Å²) in [6, 6.07) is 12.9. The summed E-state index contributed by atoms with van der Waals surface area (Å²) in [5.41, 5.74) is 8.92. The number of nitrogens with two attached hydrogens (primary N) is 2. The SMILES string of the molecule is CN[C@H](CC(C)C)C(=O)NC1C(=O)C[C@H](CC(N)=O)C(=O)N[C@H]2C(=O)C[C@@H]3C(=O)N[C@H](C(=O)N[C@H](C(=O)O)c4cc(O)cc(O)c4-c4cc3ccc4O)[C@H](OC3C[C@](C)(N)[C@@H](O)[C@H](C)O3)c3ccc(c(Cl)c3)Oc3cc2cc(c3O[C@@H]2O[C@H](CO)[C@@H](O[C@@H]3O[C@H](CCCc4ccc(-c5ccc(OC(F)(F)F)cc5)s4)[C@H](O)[C@H](O)[C@H]3O)[C@H](O)[C@H]2O)Oc2ccc(cc2Cl)[C@H]1O. The summed E-state index contributed by atoms with van der Waals surface area (Å²) in [7, 11) is 1.47. The van der Waals surface area contributed by atoms with Crippen molar-refractivity contribution in [1.82, 2.24) is 26.6 Å². The van der Waals surface area contributed by atoms with Gasteiger partial charge < -0.3 is 142 Å². The fourth-order valence-electron chi connectivity index (χ4n) is 16.6. The molecule has 42 heteroatoms. The molecule has 15 rings (SSSR count). The van der Waals surface area contributed by atoms with Crippen LogP contribution in [0, 0.1) is 11.8 Å². The van der Waals surface area contributed by atoms with Gasteiger partial charge in [-0.3, -0.25) is 33.6 Å². The Hall–Kier alpha value is -10.5. The number of likely N-dealkylation sites (N-methyl/N-ethyl adjacent to an activating group) is 1. The molecule has 11 bridgehead atoms. The number of aromatic hydroxyl groups is 3.